The second kappa shape index (κ2) is 8.58. The molecule has 0 saturated carbocycles. The highest BCUT2D eigenvalue weighted by molar-refractivity contribution is 5.86. The van der Waals surface area contributed by atoms with Gasteiger partial charge in [-0.25, -0.2) is 9.87 Å². The molecule has 0 unspecified atom stereocenters. The average molecular weight is 358 g/mol. The Kier molecular flexibility index (Phi) is 6.46. The number of hydrogen-bond donors (Lipinski definition) is 2. The van der Waals surface area contributed by atoms with Gasteiger partial charge in [-0.15, -0.1) is 0 Å². The SMILES string of the molecule is Cc1ccc(CNC(=O)CONC(=O)C(C)(C)c2ccccc2)cc1F. The number of carbonyl (C=O) groups is 2. The van der Waals surface area contributed by atoms with Crippen LogP contribution in [0.2, 0.25) is 0 Å². The number of amides is 2. The Morgan fingerprint density at radius 3 is 2.46 bits per heavy atom. The number of aryl methyl sites for hydroxylation is 1. The minimum Gasteiger partial charge on any atom is -0.350 e. The summed E-state index contributed by atoms with van der Waals surface area (Å²) < 4.78 is 13.5. The number of rotatable bonds is 7. The van der Waals surface area contributed by atoms with Gasteiger partial charge in [-0.2, -0.15) is 0 Å². The summed E-state index contributed by atoms with van der Waals surface area (Å²) in [5.74, 6) is -1.08. The number of hydroxylamine groups is 1. The van der Waals surface area contributed by atoms with Crippen LogP contribution in [0.4, 0.5) is 4.39 Å². The molecule has 2 N–H and O–H groups in total. The molecule has 6 heteroatoms. The Labute approximate surface area is 152 Å². The third-order valence-corrected chi connectivity index (χ3v) is 4.16. The van der Waals surface area contributed by atoms with E-state index >= 15 is 0 Å². The van der Waals surface area contributed by atoms with Crippen LogP contribution in [0.5, 0.6) is 0 Å². The summed E-state index contributed by atoms with van der Waals surface area (Å²) in [6.45, 7) is 5.07. The monoisotopic (exact) mass is 358 g/mol. The van der Waals surface area contributed by atoms with Crippen molar-refractivity contribution in [3.8, 4) is 0 Å². The fourth-order valence-corrected chi connectivity index (χ4v) is 2.28. The lowest BCUT2D eigenvalue weighted by molar-refractivity contribution is -0.142. The molecule has 2 aromatic rings. The minimum atomic E-state index is -0.794. The highest BCUT2D eigenvalue weighted by Gasteiger charge is 2.29. The molecule has 2 aromatic carbocycles. The summed E-state index contributed by atoms with van der Waals surface area (Å²) in [4.78, 5) is 29.1. The fourth-order valence-electron chi connectivity index (χ4n) is 2.28. The van der Waals surface area contributed by atoms with Gasteiger partial charge in [0.1, 0.15) is 5.82 Å². The maximum absolute atomic E-state index is 13.5. The first kappa shape index (κ1) is 19.6. The Balaban J connectivity index is 1.77. The zero-order valence-corrected chi connectivity index (χ0v) is 15.1. The number of halogens is 1. The van der Waals surface area contributed by atoms with E-state index in [1.165, 1.54) is 6.07 Å². The van der Waals surface area contributed by atoms with Crippen LogP contribution >= 0.6 is 0 Å². The molecule has 5 nitrogen and oxygen atoms in total. The topological polar surface area (TPSA) is 67.4 Å². The van der Waals surface area contributed by atoms with Crippen molar-refractivity contribution in [2.75, 3.05) is 6.61 Å². The quantitative estimate of drug-likeness (QED) is 0.748. The molecule has 0 aliphatic rings. The first-order valence-electron chi connectivity index (χ1n) is 8.30. The Morgan fingerprint density at radius 2 is 1.81 bits per heavy atom. The average Bonchev–Trinajstić information content (AvgIpc) is 2.63. The highest BCUT2D eigenvalue weighted by atomic mass is 19.1. The summed E-state index contributed by atoms with van der Waals surface area (Å²) in [5.41, 5.74) is 3.55. The van der Waals surface area contributed by atoms with Gasteiger partial charge in [0.25, 0.3) is 5.91 Å². The Bertz CT molecular complexity index is 776. The van der Waals surface area contributed by atoms with Crippen LogP contribution in [0.3, 0.4) is 0 Å². The van der Waals surface area contributed by atoms with E-state index in [1.54, 1.807) is 32.9 Å². The summed E-state index contributed by atoms with van der Waals surface area (Å²) in [7, 11) is 0. The van der Waals surface area contributed by atoms with Gasteiger partial charge in [-0.1, -0.05) is 42.5 Å². The molecule has 0 fully saturated rings. The molecule has 0 spiro atoms. The molecule has 0 aliphatic carbocycles. The molecular formula is C20H23FN2O3. The highest BCUT2D eigenvalue weighted by Crippen LogP contribution is 2.22. The molecule has 138 valence electrons. The summed E-state index contributed by atoms with van der Waals surface area (Å²) in [6.07, 6.45) is 0. The normalized spacial score (nSPS) is 11.1. The second-order valence-electron chi connectivity index (χ2n) is 6.57. The van der Waals surface area contributed by atoms with Crippen molar-refractivity contribution in [3.05, 3.63) is 71.0 Å². The molecule has 0 aliphatic heterocycles. The van der Waals surface area contributed by atoms with Crippen molar-refractivity contribution in [1.82, 2.24) is 10.8 Å². The maximum atomic E-state index is 13.5. The Hall–Kier alpha value is -2.73. The predicted octanol–water partition coefficient (Wildman–Crippen LogP) is 2.78. The molecule has 0 atom stereocenters. The molecule has 0 heterocycles. The van der Waals surface area contributed by atoms with E-state index < -0.39 is 11.3 Å². The van der Waals surface area contributed by atoms with Gasteiger partial charge < -0.3 is 5.32 Å². The van der Waals surface area contributed by atoms with Gasteiger partial charge in [0.2, 0.25) is 5.91 Å². The van der Waals surface area contributed by atoms with Gasteiger partial charge in [0.15, 0.2) is 6.61 Å². The van der Waals surface area contributed by atoms with E-state index in [9.17, 15) is 14.0 Å². The minimum absolute atomic E-state index is 0.183. The van der Waals surface area contributed by atoms with E-state index in [-0.39, 0.29) is 24.9 Å². The fraction of sp³-hybridized carbons (Fsp3) is 0.300. The lowest BCUT2D eigenvalue weighted by Crippen LogP contribution is -2.41. The van der Waals surface area contributed by atoms with Crippen molar-refractivity contribution in [2.24, 2.45) is 0 Å². The first-order valence-corrected chi connectivity index (χ1v) is 8.30. The molecule has 26 heavy (non-hydrogen) atoms. The van der Waals surface area contributed by atoms with Crippen molar-refractivity contribution < 1.29 is 18.8 Å². The van der Waals surface area contributed by atoms with Crippen LogP contribution in [0.1, 0.15) is 30.5 Å². The van der Waals surface area contributed by atoms with E-state index in [2.05, 4.69) is 10.8 Å². The van der Waals surface area contributed by atoms with Gasteiger partial charge in [0.05, 0.1) is 5.41 Å². The van der Waals surface area contributed by atoms with Crippen LogP contribution in [0, 0.1) is 12.7 Å². The molecule has 2 amide bonds. The summed E-state index contributed by atoms with van der Waals surface area (Å²) in [6, 6.07) is 14.1. The van der Waals surface area contributed by atoms with Gasteiger partial charge >= 0.3 is 0 Å². The third kappa shape index (κ3) is 5.13. The van der Waals surface area contributed by atoms with Crippen molar-refractivity contribution in [3.63, 3.8) is 0 Å². The number of hydrogen-bond acceptors (Lipinski definition) is 3. The van der Waals surface area contributed by atoms with Crippen LogP contribution in [-0.4, -0.2) is 18.4 Å². The Morgan fingerprint density at radius 1 is 1.12 bits per heavy atom. The molecular weight excluding hydrogens is 335 g/mol. The number of carbonyl (C=O) groups excluding carboxylic acids is 2. The van der Waals surface area contributed by atoms with Crippen LogP contribution in [0.15, 0.2) is 48.5 Å². The van der Waals surface area contributed by atoms with Crippen LogP contribution in [0.25, 0.3) is 0 Å². The predicted molar refractivity (Wildman–Crippen MR) is 96.5 cm³/mol. The number of benzene rings is 2. The first-order chi connectivity index (χ1) is 12.3. The van der Waals surface area contributed by atoms with E-state index in [4.69, 9.17) is 4.84 Å². The molecule has 0 bridgehead atoms. The lowest BCUT2D eigenvalue weighted by atomic mass is 9.84. The van der Waals surface area contributed by atoms with Crippen molar-refractivity contribution >= 4 is 11.8 Å². The second-order valence-corrected chi connectivity index (χ2v) is 6.57. The van der Waals surface area contributed by atoms with Crippen molar-refractivity contribution in [2.45, 2.75) is 32.7 Å². The van der Waals surface area contributed by atoms with Crippen LogP contribution in [-0.2, 0) is 26.4 Å². The maximum Gasteiger partial charge on any atom is 0.253 e. The third-order valence-electron chi connectivity index (χ3n) is 4.16. The zero-order valence-electron chi connectivity index (χ0n) is 15.1. The largest absolute Gasteiger partial charge is 0.350 e. The molecule has 0 saturated heterocycles. The van der Waals surface area contributed by atoms with Gasteiger partial charge in [0, 0.05) is 6.54 Å². The lowest BCUT2D eigenvalue weighted by Gasteiger charge is -2.23. The number of nitrogens with one attached hydrogen (secondary N) is 2. The van der Waals surface area contributed by atoms with Crippen molar-refractivity contribution in [1.29, 1.82) is 0 Å². The standard InChI is InChI=1S/C20H23FN2O3/c1-14-9-10-15(11-17(14)21)12-22-18(24)13-26-23-19(25)20(2,3)16-7-5-4-6-8-16/h4-11H,12-13H2,1-3H3,(H,22,24)(H,23,25). The van der Waals surface area contributed by atoms with E-state index in [1.807, 2.05) is 30.3 Å². The summed E-state index contributed by atoms with van der Waals surface area (Å²) >= 11 is 0. The zero-order chi connectivity index (χ0) is 19.2. The van der Waals surface area contributed by atoms with E-state index in [0.29, 0.717) is 11.1 Å². The smallest absolute Gasteiger partial charge is 0.253 e. The van der Waals surface area contributed by atoms with Gasteiger partial charge in [-0.05, 0) is 43.5 Å². The summed E-state index contributed by atoms with van der Waals surface area (Å²) in [5, 5.41) is 2.61. The van der Waals surface area contributed by atoms with Gasteiger partial charge in [-0.3, -0.25) is 14.4 Å². The van der Waals surface area contributed by atoms with Crippen LogP contribution < -0.4 is 10.8 Å². The van der Waals surface area contributed by atoms with E-state index in [0.717, 1.165) is 5.56 Å². The molecule has 0 aromatic heterocycles. The molecule has 0 radical (unpaired) electrons. The molecule has 2 rings (SSSR count).